The van der Waals surface area contributed by atoms with Gasteiger partial charge in [0, 0.05) is 17.1 Å². The molecule has 1 aromatic carbocycles. The fraction of sp³-hybridized carbons (Fsp3) is 0.385. The molecule has 17 heavy (non-hydrogen) atoms. The highest BCUT2D eigenvalue weighted by molar-refractivity contribution is 6.30. The molecule has 0 aromatic heterocycles. The van der Waals surface area contributed by atoms with Gasteiger partial charge in [0.25, 0.3) is 0 Å². The molecule has 0 bridgehead atoms. The summed E-state index contributed by atoms with van der Waals surface area (Å²) < 4.78 is 0. The van der Waals surface area contributed by atoms with Gasteiger partial charge in [-0.1, -0.05) is 18.0 Å². The molecule has 3 nitrogen and oxygen atoms in total. The number of carbonyl (C=O) groups is 2. The molecule has 1 unspecified atom stereocenters. The topological polar surface area (TPSA) is 46.2 Å². The lowest BCUT2D eigenvalue weighted by molar-refractivity contribution is -0.123. The molecule has 4 heteroatoms. The van der Waals surface area contributed by atoms with Crippen LogP contribution < -0.4 is 5.32 Å². The quantitative estimate of drug-likeness (QED) is 0.648. The second-order valence-electron chi connectivity index (χ2n) is 4.21. The van der Waals surface area contributed by atoms with E-state index in [2.05, 4.69) is 5.32 Å². The number of halogens is 1. The molecule has 1 atom stereocenters. The summed E-state index contributed by atoms with van der Waals surface area (Å²) in [6.07, 6.45) is 2.48. The van der Waals surface area contributed by atoms with Crippen molar-refractivity contribution < 1.29 is 9.59 Å². The van der Waals surface area contributed by atoms with Crippen LogP contribution in [-0.2, 0) is 4.79 Å². The maximum Gasteiger partial charge on any atom is 0.230 e. The molecule has 90 valence electrons. The van der Waals surface area contributed by atoms with E-state index in [-0.39, 0.29) is 11.7 Å². The van der Waals surface area contributed by atoms with Crippen molar-refractivity contribution >= 4 is 23.3 Å². The van der Waals surface area contributed by atoms with Gasteiger partial charge in [-0.3, -0.25) is 9.59 Å². The van der Waals surface area contributed by atoms with Gasteiger partial charge < -0.3 is 5.32 Å². The van der Waals surface area contributed by atoms with E-state index in [9.17, 15) is 9.59 Å². The Balaban J connectivity index is 2.18. The molecule has 1 aliphatic rings. The number of nitrogens with one attached hydrogen (secondary N) is 1. The van der Waals surface area contributed by atoms with Gasteiger partial charge in [0.05, 0.1) is 0 Å². The lowest BCUT2D eigenvalue weighted by Crippen LogP contribution is -2.33. The highest BCUT2D eigenvalue weighted by atomic mass is 35.5. The number of rotatable bonds is 2. The molecular formula is C13H14ClNO2. The van der Waals surface area contributed by atoms with Crippen LogP contribution in [-0.4, -0.2) is 18.2 Å². The van der Waals surface area contributed by atoms with Gasteiger partial charge in [-0.25, -0.2) is 0 Å². The van der Waals surface area contributed by atoms with Crippen LogP contribution in [0.2, 0.25) is 5.02 Å². The summed E-state index contributed by atoms with van der Waals surface area (Å²) in [5, 5.41) is 3.36. The first-order valence-electron chi connectivity index (χ1n) is 5.76. The Hall–Kier alpha value is -1.35. The highest BCUT2D eigenvalue weighted by Gasteiger charge is 2.28. The average molecular weight is 252 g/mol. The molecule has 1 N–H and O–H groups in total. The van der Waals surface area contributed by atoms with E-state index in [1.54, 1.807) is 24.3 Å². The third-order valence-corrected chi connectivity index (χ3v) is 3.23. The van der Waals surface area contributed by atoms with E-state index >= 15 is 0 Å². The van der Waals surface area contributed by atoms with Crippen molar-refractivity contribution in [1.82, 2.24) is 5.32 Å². The monoisotopic (exact) mass is 251 g/mol. The normalized spacial score (nSPS) is 20.5. The van der Waals surface area contributed by atoms with E-state index in [0.717, 1.165) is 12.8 Å². The van der Waals surface area contributed by atoms with Crippen molar-refractivity contribution in [1.29, 1.82) is 0 Å². The molecule has 1 aliphatic heterocycles. The lowest BCUT2D eigenvalue weighted by Gasteiger charge is -2.11. The minimum absolute atomic E-state index is 0.110. The summed E-state index contributed by atoms with van der Waals surface area (Å²) in [7, 11) is 0. The molecule has 2 rings (SSSR count). The molecule has 0 spiro atoms. The van der Waals surface area contributed by atoms with Crippen LogP contribution in [0.1, 0.15) is 29.6 Å². The van der Waals surface area contributed by atoms with Gasteiger partial charge in [-0.05, 0) is 37.1 Å². The summed E-state index contributed by atoms with van der Waals surface area (Å²) in [6, 6.07) is 6.68. The zero-order valence-corrected chi connectivity index (χ0v) is 10.2. The zero-order chi connectivity index (χ0) is 12.3. The first-order valence-corrected chi connectivity index (χ1v) is 6.14. The minimum Gasteiger partial charge on any atom is -0.355 e. The Morgan fingerprint density at radius 3 is 2.65 bits per heavy atom. The van der Waals surface area contributed by atoms with Crippen molar-refractivity contribution in [2.75, 3.05) is 6.54 Å². The van der Waals surface area contributed by atoms with Crippen LogP contribution in [0.25, 0.3) is 0 Å². The van der Waals surface area contributed by atoms with Gasteiger partial charge in [0.15, 0.2) is 5.78 Å². The Bertz CT molecular complexity index is 428. The van der Waals surface area contributed by atoms with Crippen molar-refractivity contribution in [3.8, 4) is 0 Å². The van der Waals surface area contributed by atoms with Crippen molar-refractivity contribution in [2.24, 2.45) is 5.92 Å². The smallest absolute Gasteiger partial charge is 0.230 e. The fourth-order valence-corrected chi connectivity index (χ4v) is 2.13. The number of ketones is 1. The third-order valence-electron chi connectivity index (χ3n) is 2.98. The maximum atomic E-state index is 12.2. The number of carbonyl (C=O) groups excluding carboxylic acids is 2. The average Bonchev–Trinajstić information content (AvgIpc) is 2.54. The summed E-state index contributed by atoms with van der Waals surface area (Å²) in [4.78, 5) is 23.9. The minimum atomic E-state index is -0.543. The molecule has 1 saturated heterocycles. The fourth-order valence-electron chi connectivity index (χ4n) is 2.00. The summed E-state index contributed by atoms with van der Waals surface area (Å²) in [5.41, 5.74) is 0.552. The zero-order valence-electron chi connectivity index (χ0n) is 9.41. The molecule has 0 aliphatic carbocycles. The largest absolute Gasteiger partial charge is 0.355 e. The van der Waals surface area contributed by atoms with E-state index < -0.39 is 5.92 Å². The summed E-state index contributed by atoms with van der Waals surface area (Å²) in [5.74, 6) is -0.804. The Morgan fingerprint density at radius 2 is 1.94 bits per heavy atom. The predicted octanol–water partition coefficient (Wildman–Crippen LogP) is 2.44. The molecular weight excluding hydrogens is 238 g/mol. The molecule has 1 heterocycles. The van der Waals surface area contributed by atoms with Crippen LogP contribution in [0.15, 0.2) is 24.3 Å². The molecule has 0 saturated carbocycles. The maximum absolute atomic E-state index is 12.2. The van der Waals surface area contributed by atoms with Crippen LogP contribution in [0.3, 0.4) is 0 Å². The SMILES string of the molecule is O=C1NCCCCC1C(=O)c1ccc(Cl)cc1. The van der Waals surface area contributed by atoms with Gasteiger partial charge >= 0.3 is 0 Å². The lowest BCUT2D eigenvalue weighted by atomic mass is 9.93. The van der Waals surface area contributed by atoms with Gasteiger partial charge in [0.2, 0.25) is 5.91 Å². The number of hydrogen-bond acceptors (Lipinski definition) is 2. The summed E-state index contributed by atoms with van der Waals surface area (Å²) >= 11 is 5.77. The first-order chi connectivity index (χ1) is 8.18. The Kier molecular flexibility index (Phi) is 3.79. The van der Waals surface area contributed by atoms with Crippen molar-refractivity contribution in [2.45, 2.75) is 19.3 Å². The van der Waals surface area contributed by atoms with Gasteiger partial charge in [0.1, 0.15) is 5.92 Å². The van der Waals surface area contributed by atoms with Crippen LogP contribution in [0.5, 0.6) is 0 Å². The second-order valence-corrected chi connectivity index (χ2v) is 4.65. The Labute approximate surface area is 105 Å². The summed E-state index contributed by atoms with van der Waals surface area (Å²) in [6.45, 7) is 0.670. The molecule has 1 fully saturated rings. The number of amides is 1. The van der Waals surface area contributed by atoms with Gasteiger partial charge in [-0.2, -0.15) is 0 Å². The van der Waals surface area contributed by atoms with E-state index in [4.69, 9.17) is 11.6 Å². The number of Topliss-reactive ketones (excluding diaryl/α,β-unsaturated/α-hetero) is 1. The van der Waals surface area contributed by atoms with E-state index in [1.807, 2.05) is 0 Å². The molecule has 1 aromatic rings. The standard InChI is InChI=1S/C13H14ClNO2/c14-10-6-4-9(5-7-10)12(16)11-3-1-2-8-15-13(11)17/h4-7,11H,1-3,8H2,(H,15,17). The molecule has 1 amide bonds. The van der Waals surface area contributed by atoms with E-state index in [1.165, 1.54) is 0 Å². The highest BCUT2D eigenvalue weighted by Crippen LogP contribution is 2.19. The number of hydrogen-bond donors (Lipinski definition) is 1. The van der Waals surface area contributed by atoms with Crippen molar-refractivity contribution in [3.05, 3.63) is 34.9 Å². The van der Waals surface area contributed by atoms with Crippen LogP contribution >= 0.6 is 11.6 Å². The molecule has 0 radical (unpaired) electrons. The Morgan fingerprint density at radius 1 is 1.24 bits per heavy atom. The third kappa shape index (κ3) is 2.86. The predicted molar refractivity (Wildman–Crippen MR) is 66.1 cm³/mol. The van der Waals surface area contributed by atoms with Crippen LogP contribution in [0, 0.1) is 5.92 Å². The van der Waals surface area contributed by atoms with Gasteiger partial charge in [-0.15, -0.1) is 0 Å². The first kappa shape index (κ1) is 12.1. The second kappa shape index (κ2) is 5.32. The number of benzene rings is 1. The van der Waals surface area contributed by atoms with Crippen molar-refractivity contribution in [3.63, 3.8) is 0 Å². The van der Waals surface area contributed by atoms with Crippen LogP contribution in [0.4, 0.5) is 0 Å². The van der Waals surface area contributed by atoms with E-state index in [0.29, 0.717) is 23.6 Å².